The first-order valence-corrected chi connectivity index (χ1v) is 7.07. The summed E-state index contributed by atoms with van der Waals surface area (Å²) in [5.74, 6) is 1.04. The Kier molecular flexibility index (Phi) is 4.05. The second kappa shape index (κ2) is 6.31. The van der Waals surface area contributed by atoms with E-state index in [2.05, 4.69) is 15.4 Å². The largest absolute Gasteiger partial charge is 0.497 e. The lowest BCUT2D eigenvalue weighted by Gasteiger charge is -2.06. The molecule has 0 saturated carbocycles. The molecule has 23 heavy (non-hydrogen) atoms. The molecule has 3 rings (SSSR count). The fourth-order valence-electron chi connectivity index (χ4n) is 2.20. The normalized spacial score (nSPS) is 10.3. The van der Waals surface area contributed by atoms with Crippen LogP contribution in [0.2, 0.25) is 0 Å². The van der Waals surface area contributed by atoms with Crippen LogP contribution in [0.5, 0.6) is 5.75 Å². The molecule has 0 aliphatic carbocycles. The van der Waals surface area contributed by atoms with Gasteiger partial charge in [-0.05, 0) is 30.3 Å². The fourth-order valence-corrected chi connectivity index (χ4v) is 2.20. The lowest BCUT2D eigenvalue weighted by atomic mass is 10.2. The molecule has 1 amide bonds. The quantitative estimate of drug-likeness (QED) is 0.804. The first-order valence-electron chi connectivity index (χ1n) is 7.07. The number of rotatable bonds is 4. The lowest BCUT2D eigenvalue weighted by molar-refractivity contribution is 0.102. The predicted octanol–water partition coefficient (Wildman–Crippen LogP) is 2.74. The second-order valence-electron chi connectivity index (χ2n) is 4.96. The minimum absolute atomic E-state index is 0.215. The van der Waals surface area contributed by atoms with Crippen LogP contribution in [0.1, 0.15) is 10.4 Å². The zero-order valence-corrected chi connectivity index (χ0v) is 12.9. The van der Waals surface area contributed by atoms with Crippen LogP contribution in [-0.2, 0) is 7.05 Å². The van der Waals surface area contributed by atoms with Crippen molar-refractivity contribution in [1.82, 2.24) is 14.8 Å². The number of pyridine rings is 1. The van der Waals surface area contributed by atoms with Crippen LogP contribution < -0.4 is 10.1 Å². The van der Waals surface area contributed by atoms with Crippen molar-refractivity contribution in [2.24, 2.45) is 7.05 Å². The Bertz CT molecular complexity index is 828. The molecule has 0 unspecified atom stereocenters. The summed E-state index contributed by atoms with van der Waals surface area (Å²) < 4.78 is 6.77. The van der Waals surface area contributed by atoms with Gasteiger partial charge in [-0.15, -0.1) is 0 Å². The Morgan fingerprint density at radius 3 is 2.70 bits per heavy atom. The van der Waals surface area contributed by atoms with Gasteiger partial charge >= 0.3 is 0 Å². The Morgan fingerprint density at radius 2 is 1.96 bits per heavy atom. The van der Waals surface area contributed by atoms with Crippen LogP contribution in [-0.4, -0.2) is 27.8 Å². The van der Waals surface area contributed by atoms with Crippen LogP contribution in [0.15, 0.2) is 54.9 Å². The molecule has 0 bridgehead atoms. The van der Waals surface area contributed by atoms with Gasteiger partial charge in [-0.1, -0.05) is 6.07 Å². The van der Waals surface area contributed by atoms with E-state index in [9.17, 15) is 4.79 Å². The molecule has 0 aliphatic heterocycles. The molecule has 0 fully saturated rings. The zero-order valence-electron chi connectivity index (χ0n) is 12.9. The van der Waals surface area contributed by atoms with Crippen molar-refractivity contribution >= 4 is 11.7 Å². The van der Waals surface area contributed by atoms with Crippen LogP contribution in [0.3, 0.4) is 0 Å². The number of hydrogen-bond donors (Lipinski definition) is 1. The molecular weight excluding hydrogens is 292 g/mol. The van der Waals surface area contributed by atoms with Gasteiger partial charge in [-0.25, -0.2) is 0 Å². The van der Waals surface area contributed by atoms with E-state index in [-0.39, 0.29) is 5.91 Å². The van der Waals surface area contributed by atoms with Gasteiger partial charge in [0.15, 0.2) is 0 Å². The van der Waals surface area contributed by atoms with Gasteiger partial charge in [0.25, 0.3) is 5.91 Å². The van der Waals surface area contributed by atoms with Gasteiger partial charge < -0.3 is 10.1 Å². The van der Waals surface area contributed by atoms with E-state index >= 15 is 0 Å². The average molecular weight is 308 g/mol. The van der Waals surface area contributed by atoms with E-state index < -0.39 is 0 Å². The second-order valence-corrected chi connectivity index (χ2v) is 4.96. The molecule has 6 nitrogen and oxygen atoms in total. The summed E-state index contributed by atoms with van der Waals surface area (Å²) in [6.45, 7) is 0. The number of benzene rings is 1. The number of carbonyl (C=O) groups excluding carboxylic acids is 1. The molecule has 0 spiro atoms. The highest BCUT2D eigenvalue weighted by atomic mass is 16.5. The van der Waals surface area contributed by atoms with Gasteiger partial charge in [-0.2, -0.15) is 5.10 Å². The van der Waals surface area contributed by atoms with E-state index in [0.717, 1.165) is 11.3 Å². The summed E-state index contributed by atoms with van der Waals surface area (Å²) >= 11 is 0. The van der Waals surface area contributed by atoms with Crippen molar-refractivity contribution in [3.63, 3.8) is 0 Å². The molecule has 3 aromatic rings. The van der Waals surface area contributed by atoms with Crippen molar-refractivity contribution < 1.29 is 9.53 Å². The predicted molar refractivity (Wildman–Crippen MR) is 87.4 cm³/mol. The third-order valence-corrected chi connectivity index (χ3v) is 3.43. The zero-order chi connectivity index (χ0) is 16.2. The molecule has 116 valence electrons. The number of carbonyl (C=O) groups is 1. The molecule has 2 aromatic heterocycles. The Balaban J connectivity index is 1.83. The Labute approximate surface area is 133 Å². The highest BCUT2D eigenvalue weighted by Gasteiger charge is 2.12. The number of methoxy groups -OCH3 is 1. The van der Waals surface area contributed by atoms with Crippen LogP contribution >= 0.6 is 0 Å². The number of ether oxygens (including phenoxy) is 1. The van der Waals surface area contributed by atoms with Crippen molar-refractivity contribution in [3.8, 4) is 17.0 Å². The third kappa shape index (κ3) is 3.21. The highest BCUT2D eigenvalue weighted by molar-refractivity contribution is 6.04. The minimum Gasteiger partial charge on any atom is -0.497 e. The summed E-state index contributed by atoms with van der Waals surface area (Å²) in [4.78, 5) is 16.4. The number of nitrogens with one attached hydrogen (secondary N) is 1. The summed E-state index contributed by atoms with van der Waals surface area (Å²) in [6.07, 6.45) is 3.41. The summed E-state index contributed by atoms with van der Waals surface area (Å²) in [5.41, 5.74) is 2.24. The van der Waals surface area contributed by atoms with Gasteiger partial charge in [-0.3, -0.25) is 14.5 Å². The standard InChI is InChI=1S/C17H16N4O2/c1-21-16(11-15(20-21)12-6-8-18-9-7-12)19-17(22)13-4-3-5-14(10-13)23-2/h3-11H,1-2H3,(H,19,22). The molecular formula is C17H16N4O2. The molecule has 6 heteroatoms. The number of amides is 1. The van der Waals surface area contributed by atoms with Gasteiger partial charge in [0, 0.05) is 36.6 Å². The Morgan fingerprint density at radius 1 is 1.17 bits per heavy atom. The first-order chi connectivity index (χ1) is 11.2. The van der Waals surface area contributed by atoms with Gasteiger partial charge in [0.2, 0.25) is 0 Å². The topological polar surface area (TPSA) is 69.0 Å². The molecule has 0 aliphatic rings. The van der Waals surface area contributed by atoms with E-state index in [1.807, 2.05) is 18.2 Å². The van der Waals surface area contributed by atoms with E-state index in [1.54, 1.807) is 55.5 Å². The van der Waals surface area contributed by atoms with Crippen LogP contribution in [0.25, 0.3) is 11.3 Å². The van der Waals surface area contributed by atoms with E-state index in [1.165, 1.54) is 0 Å². The van der Waals surface area contributed by atoms with Crippen LogP contribution in [0, 0.1) is 0 Å². The third-order valence-electron chi connectivity index (χ3n) is 3.43. The summed E-state index contributed by atoms with van der Waals surface area (Å²) in [6, 6.07) is 12.6. The molecule has 1 aromatic carbocycles. The fraction of sp³-hybridized carbons (Fsp3) is 0.118. The highest BCUT2D eigenvalue weighted by Crippen LogP contribution is 2.21. The number of hydrogen-bond acceptors (Lipinski definition) is 4. The maximum absolute atomic E-state index is 12.4. The van der Waals surface area contributed by atoms with E-state index in [0.29, 0.717) is 17.1 Å². The molecule has 0 radical (unpaired) electrons. The average Bonchev–Trinajstić information content (AvgIpc) is 2.96. The van der Waals surface area contributed by atoms with Crippen LogP contribution in [0.4, 0.5) is 5.82 Å². The van der Waals surface area contributed by atoms with Crippen molar-refractivity contribution in [3.05, 3.63) is 60.4 Å². The first kappa shape index (κ1) is 14.8. The summed E-state index contributed by atoms with van der Waals surface area (Å²) in [7, 11) is 3.35. The number of aryl methyl sites for hydroxylation is 1. The monoisotopic (exact) mass is 308 g/mol. The molecule has 0 atom stereocenters. The maximum Gasteiger partial charge on any atom is 0.256 e. The summed E-state index contributed by atoms with van der Waals surface area (Å²) in [5, 5.41) is 7.27. The van der Waals surface area contributed by atoms with Crippen molar-refractivity contribution in [2.75, 3.05) is 12.4 Å². The van der Waals surface area contributed by atoms with Gasteiger partial charge in [0.1, 0.15) is 11.6 Å². The Hall–Kier alpha value is -3.15. The van der Waals surface area contributed by atoms with Crippen molar-refractivity contribution in [1.29, 1.82) is 0 Å². The minimum atomic E-state index is -0.215. The van der Waals surface area contributed by atoms with Crippen molar-refractivity contribution in [2.45, 2.75) is 0 Å². The smallest absolute Gasteiger partial charge is 0.256 e. The molecule has 1 N–H and O–H groups in total. The van der Waals surface area contributed by atoms with Gasteiger partial charge in [0.05, 0.1) is 12.8 Å². The number of aromatic nitrogens is 3. The molecule has 0 saturated heterocycles. The lowest BCUT2D eigenvalue weighted by Crippen LogP contribution is -2.14. The number of anilines is 1. The SMILES string of the molecule is COc1cccc(C(=O)Nc2cc(-c3ccncc3)nn2C)c1. The maximum atomic E-state index is 12.4. The molecule has 2 heterocycles. The van der Waals surface area contributed by atoms with E-state index in [4.69, 9.17) is 4.74 Å². The number of nitrogens with zero attached hydrogens (tertiary/aromatic N) is 3.